The molecule has 2 rings (SSSR count). The Balaban J connectivity index is 1.99. The molecule has 0 bridgehead atoms. The number of nitrogens with zero attached hydrogens (tertiary/aromatic N) is 1. The van der Waals surface area contributed by atoms with Crippen molar-refractivity contribution in [1.82, 2.24) is 5.32 Å². The summed E-state index contributed by atoms with van der Waals surface area (Å²) < 4.78 is 20.2. The highest BCUT2D eigenvalue weighted by atomic mass is 32.2. The Hall–Kier alpha value is -3.11. The molecule has 0 spiro atoms. The van der Waals surface area contributed by atoms with Gasteiger partial charge in [-0.1, -0.05) is 12.0 Å². The van der Waals surface area contributed by atoms with E-state index in [-0.39, 0.29) is 12.5 Å². The number of amides is 1. The number of ether oxygens (including phenoxy) is 3. The van der Waals surface area contributed by atoms with Crippen molar-refractivity contribution in [1.29, 1.82) is 0 Å². The summed E-state index contributed by atoms with van der Waals surface area (Å²) in [5.41, 5.74) is 2.10. The fraction of sp³-hybridized carbons (Fsp3) is 0.273. The summed E-state index contributed by atoms with van der Waals surface area (Å²) in [5, 5.41) is 2.92. The topological polar surface area (TPSA) is 69.2 Å². The average molecular weight is 413 g/mol. The lowest BCUT2D eigenvalue weighted by Gasteiger charge is -2.12. The first-order chi connectivity index (χ1) is 14.1. The van der Waals surface area contributed by atoms with E-state index < -0.39 is 0 Å². The molecule has 2 aromatic carbocycles. The van der Waals surface area contributed by atoms with Crippen LogP contribution in [0.15, 0.2) is 46.9 Å². The van der Waals surface area contributed by atoms with E-state index in [0.717, 1.165) is 16.9 Å². The summed E-state index contributed by atoms with van der Waals surface area (Å²) >= 11 is 1.24. The van der Waals surface area contributed by atoms with Gasteiger partial charge in [0.1, 0.15) is 18.1 Å². The molecule has 6 nitrogen and oxygen atoms in total. The second-order valence-corrected chi connectivity index (χ2v) is 6.38. The zero-order valence-corrected chi connectivity index (χ0v) is 17.5. The number of nitrogens with one attached hydrogen (secondary N) is 1. The molecule has 0 aliphatic rings. The first kappa shape index (κ1) is 22.2. The Kier molecular flexibility index (Phi) is 8.93. The van der Waals surface area contributed by atoms with E-state index in [1.165, 1.54) is 11.9 Å². The number of methoxy groups -OCH3 is 2. The lowest BCUT2D eigenvalue weighted by Crippen LogP contribution is -2.33. The minimum atomic E-state index is -0.231. The molecule has 152 valence electrons. The quantitative estimate of drug-likeness (QED) is 0.369. The van der Waals surface area contributed by atoms with Crippen LogP contribution in [0.2, 0.25) is 0 Å². The van der Waals surface area contributed by atoms with Crippen LogP contribution in [0.5, 0.6) is 17.2 Å². The summed E-state index contributed by atoms with van der Waals surface area (Å²) in [5.74, 6) is 4.11. The largest absolute Gasteiger partial charge is 0.497 e. The van der Waals surface area contributed by atoms with Crippen molar-refractivity contribution in [3.63, 3.8) is 0 Å². The molecular weight excluding hydrogens is 388 g/mol. The second kappa shape index (κ2) is 11.7. The molecule has 0 saturated carbocycles. The van der Waals surface area contributed by atoms with Gasteiger partial charge in [0, 0.05) is 18.4 Å². The van der Waals surface area contributed by atoms with Crippen molar-refractivity contribution in [2.24, 2.45) is 4.40 Å². The van der Waals surface area contributed by atoms with Gasteiger partial charge in [-0.2, -0.15) is 0 Å². The number of rotatable bonds is 10. The van der Waals surface area contributed by atoms with E-state index in [9.17, 15) is 4.79 Å². The van der Waals surface area contributed by atoms with Gasteiger partial charge in [0.25, 0.3) is 5.91 Å². The maximum Gasteiger partial charge on any atom is 0.271 e. The van der Waals surface area contributed by atoms with E-state index >= 15 is 0 Å². The van der Waals surface area contributed by atoms with Crippen LogP contribution in [-0.2, 0) is 11.2 Å². The van der Waals surface area contributed by atoms with Gasteiger partial charge in [-0.25, -0.2) is 4.40 Å². The maximum absolute atomic E-state index is 12.6. The first-order valence-electron chi connectivity index (χ1n) is 8.89. The molecule has 0 aromatic heterocycles. The van der Waals surface area contributed by atoms with Gasteiger partial charge >= 0.3 is 0 Å². The first-order valence-corrected chi connectivity index (χ1v) is 10.1. The highest BCUT2D eigenvalue weighted by Crippen LogP contribution is 2.28. The van der Waals surface area contributed by atoms with Crippen molar-refractivity contribution in [3.8, 4) is 29.6 Å². The van der Waals surface area contributed by atoms with E-state index in [2.05, 4.69) is 15.6 Å². The Bertz CT molecular complexity index is 889. The number of benzene rings is 2. The molecule has 0 aliphatic heterocycles. The highest BCUT2D eigenvalue weighted by Gasteiger charge is 2.14. The molecule has 1 amide bonds. The molecule has 0 atom stereocenters. The molecule has 0 radical (unpaired) electrons. The van der Waals surface area contributed by atoms with E-state index in [1.807, 2.05) is 36.6 Å². The number of hydrogen-bond donors (Lipinski definition) is 1. The Labute approximate surface area is 175 Å². The van der Waals surface area contributed by atoms with E-state index in [1.54, 1.807) is 26.4 Å². The fourth-order valence-corrected chi connectivity index (χ4v) is 2.95. The minimum absolute atomic E-state index is 0.175. The van der Waals surface area contributed by atoms with E-state index in [4.69, 9.17) is 20.6 Å². The maximum atomic E-state index is 12.6. The van der Waals surface area contributed by atoms with Gasteiger partial charge in [-0.05, 0) is 60.3 Å². The Morgan fingerprint density at radius 2 is 1.90 bits per heavy atom. The number of hydrogen-bond acceptors (Lipinski definition) is 6. The van der Waals surface area contributed by atoms with Gasteiger partial charge in [0.05, 0.1) is 14.2 Å². The van der Waals surface area contributed by atoms with Crippen LogP contribution in [0.25, 0.3) is 0 Å². The summed E-state index contributed by atoms with van der Waals surface area (Å²) in [4.78, 5) is 12.6. The van der Waals surface area contributed by atoms with Gasteiger partial charge in [-0.3, -0.25) is 4.79 Å². The predicted molar refractivity (Wildman–Crippen MR) is 117 cm³/mol. The SMILES string of the molecule is C#CCOc1ccc(CCNC(=O)C(=NSC)c2ccc(OC)cc2)cc1OC. The fourth-order valence-electron chi connectivity index (χ4n) is 2.58. The zero-order chi connectivity index (χ0) is 21.1. The lowest BCUT2D eigenvalue weighted by molar-refractivity contribution is -0.114. The van der Waals surface area contributed by atoms with Crippen LogP contribution in [0.4, 0.5) is 0 Å². The monoisotopic (exact) mass is 412 g/mol. The highest BCUT2D eigenvalue weighted by molar-refractivity contribution is 7.97. The van der Waals surface area contributed by atoms with Crippen LogP contribution in [0.1, 0.15) is 11.1 Å². The zero-order valence-electron chi connectivity index (χ0n) is 16.7. The molecular formula is C22H24N2O4S. The van der Waals surface area contributed by atoms with Crippen LogP contribution >= 0.6 is 11.9 Å². The Morgan fingerprint density at radius 1 is 1.14 bits per heavy atom. The van der Waals surface area contributed by atoms with E-state index in [0.29, 0.717) is 30.2 Å². The van der Waals surface area contributed by atoms with Crippen molar-refractivity contribution in [2.75, 3.05) is 33.6 Å². The van der Waals surface area contributed by atoms with Crippen molar-refractivity contribution in [3.05, 3.63) is 53.6 Å². The molecule has 7 heteroatoms. The normalized spacial score (nSPS) is 10.8. The molecule has 0 heterocycles. The predicted octanol–water partition coefficient (Wildman–Crippen LogP) is 3.14. The van der Waals surface area contributed by atoms with Crippen molar-refractivity contribution < 1.29 is 19.0 Å². The molecule has 29 heavy (non-hydrogen) atoms. The second-order valence-electron chi connectivity index (χ2n) is 5.83. The van der Waals surface area contributed by atoms with Gasteiger partial charge in [0.2, 0.25) is 0 Å². The number of terminal acetylenes is 1. The van der Waals surface area contributed by atoms with Crippen molar-refractivity contribution >= 4 is 23.6 Å². The summed E-state index contributed by atoms with van der Waals surface area (Å²) in [6.45, 7) is 0.630. The standard InChI is InChI=1S/C22H24N2O4S/c1-5-14-28-19-11-6-16(15-20(19)27-3)12-13-23-22(25)21(24-29-4)17-7-9-18(26-2)10-8-17/h1,6-11,15H,12-14H2,2-4H3,(H,23,25). The average Bonchev–Trinajstić information content (AvgIpc) is 2.76. The smallest absolute Gasteiger partial charge is 0.271 e. The van der Waals surface area contributed by atoms with Gasteiger partial charge in [-0.15, -0.1) is 6.42 Å². The summed E-state index contributed by atoms with van der Waals surface area (Å²) in [6, 6.07) is 12.8. The molecule has 2 aromatic rings. The molecule has 1 N–H and O–H groups in total. The van der Waals surface area contributed by atoms with Crippen LogP contribution in [0.3, 0.4) is 0 Å². The van der Waals surface area contributed by atoms with Crippen LogP contribution < -0.4 is 19.5 Å². The minimum Gasteiger partial charge on any atom is -0.497 e. The van der Waals surface area contributed by atoms with Crippen LogP contribution in [0, 0.1) is 12.3 Å². The summed E-state index contributed by atoms with van der Waals surface area (Å²) in [7, 11) is 3.17. The van der Waals surface area contributed by atoms with Crippen LogP contribution in [-0.4, -0.2) is 45.2 Å². The molecule has 0 aliphatic carbocycles. The molecule has 0 fully saturated rings. The van der Waals surface area contributed by atoms with Gasteiger partial charge < -0.3 is 19.5 Å². The van der Waals surface area contributed by atoms with Crippen molar-refractivity contribution in [2.45, 2.75) is 6.42 Å². The number of carbonyl (C=O) groups excluding carboxylic acids is 1. The summed E-state index contributed by atoms with van der Waals surface area (Å²) in [6.07, 6.45) is 7.66. The third kappa shape index (κ3) is 6.47. The van der Waals surface area contributed by atoms with Gasteiger partial charge in [0.15, 0.2) is 11.5 Å². The molecule has 0 unspecified atom stereocenters. The third-order valence-electron chi connectivity index (χ3n) is 4.00. The Morgan fingerprint density at radius 3 is 2.52 bits per heavy atom. The number of carbonyl (C=O) groups is 1. The third-order valence-corrected chi connectivity index (χ3v) is 4.36. The molecule has 0 saturated heterocycles. The lowest BCUT2D eigenvalue weighted by atomic mass is 10.1.